The topological polar surface area (TPSA) is 75.3 Å². The number of halogens is 1. The van der Waals surface area contributed by atoms with Crippen molar-refractivity contribution in [2.24, 2.45) is 5.73 Å². The van der Waals surface area contributed by atoms with Crippen molar-refractivity contribution < 1.29 is 9.90 Å². The minimum Gasteiger partial charge on any atom is -0.391 e. The molecule has 1 aliphatic rings. The molecule has 5 heteroatoms. The summed E-state index contributed by atoms with van der Waals surface area (Å²) in [5.74, 6) is -0.276. The Morgan fingerprint density at radius 2 is 1.90 bits per heavy atom. The highest BCUT2D eigenvalue weighted by Gasteiger charge is 2.36. The lowest BCUT2D eigenvalue weighted by Crippen LogP contribution is -2.50. The monoisotopic (exact) mass is 312 g/mol. The van der Waals surface area contributed by atoms with Crippen molar-refractivity contribution in [3.63, 3.8) is 0 Å². The number of aliphatic hydroxyl groups is 1. The second-order valence-electron chi connectivity index (χ2n) is 5.84. The van der Waals surface area contributed by atoms with E-state index in [4.69, 9.17) is 5.73 Å². The molecule has 118 valence electrons. The number of nitrogens with one attached hydrogen (secondary N) is 1. The van der Waals surface area contributed by atoms with Crippen LogP contribution in [0.1, 0.15) is 38.2 Å². The van der Waals surface area contributed by atoms with Crippen LogP contribution in [0.5, 0.6) is 0 Å². The molecule has 0 heterocycles. The van der Waals surface area contributed by atoms with E-state index in [0.29, 0.717) is 6.54 Å². The number of hydrogen-bond donors (Lipinski definition) is 3. The Balaban J connectivity index is 0.00000220. The highest BCUT2D eigenvalue weighted by atomic mass is 35.5. The zero-order valence-electron chi connectivity index (χ0n) is 12.4. The fourth-order valence-corrected chi connectivity index (χ4v) is 3.00. The Hall–Kier alpha value is -1.10. The van der Waals surface area contributed by atoms with Gasteiger partial charge < -0.3 is 16.2 Å². The lowest BCUT2D eigenvalue weighted by molar-refractivity contribution is -0.124. The summed E-state index contributed by atoms with van der Waals surface area (Å²) >= 11 is 0. The third-order valence-corrected chi connectivity index (χ3v) is 4.37. The van der Waals surface area contributed by atoms with Crippen LogP contribution in [0.25, 0.3) is 0 Å². The van der Waals surface area contributed by atoms with E-state index in [0.717, 1.165) is 12.8 Å². The number of benzene rings is 1. The Bertz CT molecular complexity index is 445. The maximum Gasteiger partial charge on any atom is 0.239 e. The first-order valence-electron chi connectivity index (χ1n) is 7.32. The summed E-state index contributed by atoms with van der Waals surface area (Å²) in [4.78, 5) is 11.9. The molecule has 4 N–H and O–H groups in total. The van der Waals surface area contributed by atoms with Gasteiger partial charge in [0.1, 0.15) is 6.04 Å². The number of carbonyl (C=O) groups excluding carboxylic acids is 1. The number of rotatable bonds is 5. The summed E-state index contributed by atoms with van der Waals surface area (Å²) in [6, 6.07) is 9.49. The SMILES string of the molecule is C[C@@H](O)[C@H](N)C(=O)NCC1(c2ccccc2)CCCC1.Cl. The Morgan fingerprint density at radius 1 is 1.33 bits per heavy atom. The van der Waals surface area contributed by atoms with Gasteiger partial charge >= 0.3 is 0 Å². The van der Waals surface area contributed by atoms with E-state index in [2.05, 4.69) is 17.4 Å². The third kappa shape index (κ3) is 4.19. The molecule has 2 rings (SSSR count). The van der Waals surface area contributed by atoms with Crippen LogP contribution in [0.3, 0.4) is 0 Å². The molecule has 0 unspecified atom stereocenters. The predicted octanol–water partition coefficient (Wildman–Crippen LogP) is 1.74. The van der Waals surface area contributed by atoms with Crippen LogP contribution in [0, 0.1) is 0 Å². The lowest BCUT2D eigenvalue weighted by Gasteiger charge is -2.30. The molecule has 0 spiro atoms. The molecule has 0 radical (unpaired) electrons. The highest BCUT2D eigenvalue weighted by molar-refractivity contribution is 5.85. The highest BCUT2D eigenvalue weighted by Crippen LogP contribution is 2.40. The summed E-state index contributed by atoms with van der Waals surface area (Å²) in [5.41, 5.74) is 6.97. The second kappa shape index (κ2) is 7.78. The summed E-state index contributed by atoms with van der Waals surface area (Å²) in [6.45, 7) is 2.13. The Kier molecular flexibility index (Phi) is 6.65. The third-order valence-electron chi connectivity index (χ3n) is 4.37. The largest absolute Gasteiger partial charge is 0.391 e. The van der Waals surface area contributed by atoms with E-state index >= 15 is 0 Å². The smallest absolute Gasteiger partial charge is 0.239 e. The maximum atomic E-state index is 11.9. The molecule has 1 aromatic rings. The zero-order chi connectivity index (χ0) is 14.6. The van der Waals surface area contributed by atoms with Gasteiger partial charge in [0.2, 0.25) is 5.91 Å². The molecule has 1 amide bonds. The summed E-state index contributed by atoms with van der Waals surface area (Å²) in [6.07, 6.45) is 3.72. The van der Waals surface area contributed by atoms with Crippen LogP contribution in [-0.4, -0.2) is 29.7 Å². The minimum absolute atomic E-state index is 0. The maximum absolute atomic E-state index is 11.9. The number of amides is 1. The van der Waals surface area contributed by atoms with Gasteiger partial charge in [0, 0.05) is 12.0 Å². The number of carbonyl (C=O) groups is 1. The van der Waals surface area contributed by atoms with Gasteiger partial charge in [-0.2, -0.15) is 0 Å². The van der Waals surface area contributed by atoms with Crippen LogP contribution in [0.15, 0.2) is 30.3 Å². The van der Waals surface area contributed by atoms with Crippen LogP contribution in [0.2, 0.25) is 0 Å². The van der Waals surface area contributed by atoms with E-state index < -0.39 is 12.1 Å². The van der Waals surface area contributed by atoms with Gasteiger partial charge in [0.05, 0.1) is 6.10 Å². The molecule has 0 aliphatic heterocycles. The molecule has 0 saturated heterocycles. The van der Waals surface area contributed by atoms with Gasteiger partial charge in [-0.15, -0.1) is 12.4 Å². The van der Waals surface area contributed by atoms with Crippen molar-refractivity contribution in [3.8, 4) is 0 Å². The van der Waals surface area contributed by atoms with Crippen LogP contribution >= 0.6 is 12.4 Å². The van der Waals surface area contributed by atoms with Crippen molar-refractivity contribution in [2.45, 2.75) is 50.2 Å². The molecule has 1 fully saturated rings. The molecule has 2 atom stereocenters. The van der Waals surface area contributed by atoms with E-state index in [1.807, 2.05) is 18.2 Å². The normalized spacial score (nSPS) is 19.4. The van der Waals surface area contributed by atoms with Gasteiger partial charge in [-0.05, 0) is 25.3 Å². The van der Waals surface area contributed by atoms with Crippen LogP contribution in [-0.2, 0) is 10.2 Å². The summed E-state index contributed by atoms with van der Waals surface area (Å²) in [7, 11) is 0. The summed E-state index contributed by atoms with van der Waals surface area (Å²) < 4.78 is 0. The zero-order valence-corrected chi connectivity index (χ0v) is 13.2. The average molecular weight is 313 g/mol. The molecular weight excluding hydrogens is 288 g/mol. The average Bonchev–Trinajstić information content (AvgIpc) is 2.95. The lowest BCUT2D eigenvalue weighted by atomic mass is 9.79. The number of aliphatic hydroxyl groups excluding tert-OH is 1. The van der Waals surface area contributed by atoms with E-state index in [1.54, 1.807) is 0 Å². The molecule has 1 aromatic carbocycles. The van der Waals surface area contributed by atoms with Gasteiger partial charge in [0.25, 0.3) is 0 Å². The Morgan fingerprint density at radius 3 is 2.43 bits per heavy atom. The van der Waals surface area contributed by atoms with Crippen molar-refractivity contribution in [3.05, 3.63) is 35.9 Å². The molecule has 0 aromatic heterocycles. The predicted molar refractivity (Wildman–Crippen MR) is 86.5 cm³/mol. The molecule has 4 nitrogen and oxygen atoms in total. The van der Waals surface area contributed by atoms with E-state index in [1.165, 1.54) is 25.3 Å². The first-order chi connectivity index (χ1) is 9.55. The van der Waals surface area contributed by atoms with Gasteiger partial charge in [-0.25, -0.2) is 0 Å². The molecular formula is C16H25ClN2O2. The van der Waals surface area contributed by atoms with E-state index in [-0.39, 0.29) is 23.7 Å². The van der Waals surface area contributed by atoms with Crippen molar-refractivity contribution in [1.82, 2.24) is 5.32 Å². The first-order valence-corrected chi connectivity index (χ1v) is 7.32. The van der Waals surface area contributed by atoms with Gasteiger partial charge in [-0.1, -0.05) is 43.2 Å². The standard InChI is InChI=1S/C16H24N2O2.ClH/c1-12(19)14(17)15(20)18-11-16(9-5-6-10-16)13-7-3-2-4-8-13;/h2-4,7-8,12,14,19H,5-6,9-11,17H2,1H3,(H,18,20);1H/t12-,14+;/m1./s1. The second-order valence-corrected chi connectivity index (χ2v) is 5.84. The van der Waals surface area contributed by atoms with Crippen LogP contribution < -0.4 is 11.1 Å². The summed E-state index contributed by atoms with van der Waals surface area (Å²) in [5, 5.41) is 12.3. The molecule has 0 bridgehead atoms. The first kappa shape index (κ1) is 18.0. The van der Waals surface area contributed by atoms with Crippen molar-refractivity contribution in [1.29, 1.82) is 0 Å². The number of hydrogen-bond acceptors (Lipinski definition) is 3. The van der Waals surface area contributed by atoms with Crippen LogP contribution in [0.4, 0.5) is 0 Å². The quantitative estimate of drug-likeness (QED) is 0.775. The fraction of sp³-hybridized carbons (Fsp3) is 0.562. The molecule has 21 heavy (non-hydrogen) atoms. The van der Waals surface area contributed by atoms with Crippen molar-refractivity contribution in [2.75, 3.05) is 6.54 Å². The minimum atomic E-state index is -0.857. The van der Waals surface area contributed by atoms with E-state index in [9.17, 15) is 9.90 Å². The molecule has 1 aliphatic carbocycles. The Labute approximate surface area is 132 Å². The fourth-order valence-electron chi connectivity index (χ4n) is 3.00. The van der Waals surface area contributed by atoms with Gasteiger partial charge in [-0.3, -0.25) is 4.79 Å². The van der Waals surface area contributed by atoms with Crippen molar-refractivity contribution >= 4 is 18.3 Å². The van der Waals surface area contributed by atoms with Gasteiger partial charge in [0.15, 0.2) is 0 Å². The molecule has 1 saturated carbocycles. The number of nitrogens with two attached hydrogens (primary N) is 1.